The van der Waals surface area contributed by atoms with Gasteiger partial charge in [0.05, 0.1) is 33.7 Å². The Balaban J connectivity index is 1.30. The van der Waals surface area contributed by atoms with Crippen LogP contribution in [-0.2, 0) is 31.5 Å². The number of nitrogens with zero attached hydrogens (tertiary/aromatic N) is 6. The number of anilines is 2. The van der Waals surface area contributed by atoms with Gasteiger partial charge in [-0.15, -0.1) is 0 Å². The van der Waals surface area contributed by atoms with Gasteiger partial charge in [0, 0.05) is 25.6 Å². The number of allylic oxidation sites excluding steroid dienone is 2. The molecular weight excluding hydrogens is 776 g/mol. The number of imide groups is 2. The van der Waals surface area contributed by atoms with E-state index in [9.17, 15) is 55.0 Å². The molecule has 4 heterocycles. The van der Waals surface area contributed by atoms with Crippen LogP contribution in [0.3, 0.4) is 0 Å². The Labute approximate surface area is 310 Å². The van der Waals surface area contributed by atoms with E-state index in [0.29, 0.717) is 27.7 Å². The second kappa shape index (κ2) is 12.8. The molecule has 1 aromatic carbocycles. The molecule has 6 unspecified atom stereocenters. The van der Waals surface area contributed by atoms with Crippen LogP contribution in [0.1, 0.15) is 35.7 Å². The van der Waals surface area contributed by atoms with Crippen molar-refractivity contribution in [2.24, 2.45) is 29.6 Å². The van der Waals surface area contributed by atoms with E-state index in [4.69, 9.17) is 23.2 Å². The molecule has 20 heteroatoms. The molecule has 2 aliphatic carbocycles. The predicted octanol–water partition coefficient (Wildman–Crippen LogP) is 6.40. The van der Waals surface area contributed by atoms with Crippen LogP contribution in [0.2, 0.25) is 10.0 Å². The van der Waals surface area contributed by atoms with Gasteiger partial charge < -0.3 is 5.11 Å². The number of carbonyl (C=O) groups excluding carboxylic acids is 4. The van der Waals surface area contributed by atoms with Crippen LogP contribution < -0.4 is 10.0 Å². The number of benzene rings is 1. The molecule has 2 aromatic heterocycles. The van der Waals surface area contributed by atoms with E-state index in [1.165, 1.54) is 12.1 Å². The van der Waals surface area contributed by atoms with Crippen LogP contribution in [0.25, 0.3) is 0 Å². The number of aromatic nitrogens is 2. The monoisotopic (exact) mass is 800 g/mol. The molecule has 0 bridgehead atoms. The minimum atomic E-state index is -4.92. The number of aromatic hydroxyl groups is 1. The number of alkyl halides is 6. The molecule has 0 radical (unpaired) electrons. The van der Waals surface area contributed by atoms with Gasteiger partial charge in [-0.3, -0.25) is 29.2 Å². The Kier molecular flexibility index (Phi) is 8.87. The van der Waals surface area contributed by atoms with E-state index in [1.807, 2.05) is 0 Å². The Hall–Kier alpha value is -4.97. The maximum atomic E-state index is 14.9. The van der Waals surface area contributed by atoms with Crippen molar-refractivity contribution in [2.45, 2.75) is 31.1 Å². The Bertz CT molecular complexity index is 2170. The molecule has 0 spiro atoms. The van der Waals surface area contributed by atoms with Gasteiger partial charge in [-0.25, -0.2) is 14.4 Å². The molecular formula is C34H25Cl2F7N6O5. The third kappa shape index (κ3) is 5.72. The van der Waals surface area contributed by atoms with Gasteiger partial charge in [0.1, 0.15) is 11.4 Å². The van der Waals surface area contributed by atoms with Crippen LogP contribution >= 0.6 is 23.2 Å². The highest BCUT2D eigenvalue weighted by Crippen LogP contribution is 2.59. The number of phenols is 1. The fraction of sp³-hybridized carbons (Fsp3) is 0.353. The Morgan fingerprint density at radius 1 is 0.722 bits per heavy atom. The standard InChI is InChI=1S/C34H25Cl2F7N6O5/c1-46(27-18(35)8-10-21(44-27)33(38,39)40)48-29(51)15-7-6-13-16(24(15)31(48)53)12-17-25(23(13)14-4-3-5-20(37)26(14)50)32(54)49(30(17)52)47(2)28-19(36)9-11-22(45-28)34(41,42)43/h3-6,8-11,15-17,23-25,50H,7,12H2,1-2H3. The van der Waals surface area contributed by atoms with E-state index in [2.05, 4.69) is 9.97 Å². The van der Waals surface area contributed by atoms with Crippen LogP contribution in [0.5, 0.6) is 5.75 Å². The molecule has 6 atom stereocenters. The van der Waals surface area contributed by atoms with Crippen LogP contribution in [-0.4, -0.2) is 62.8 Å². The molecule has 3 aromatic rings. The van der Waals surface area contributed by atoms with Crippen molar-refractivity contribution in [3.8, 4) is 5.75 Å². The van der Waals surface area contributed by atoms with Gasteiger partial charge in [-0.1, -0.05) is 47.0 Å². The molecule has 2 aliphatic heterocycles. The first-order chi connectivity index (χ1) is 25.2. The normalized spacial score (nSPS) is 25.4. The fourth-order valence-corrected chi connectivity index (χ4v) is 8.55. The number of halogens is 9. The van der Waals surface area contributed by atoms with Crippen molar-refractivity contribution in [3.63, 3.8) is 0 Å². The Morgan fingerprint density at radius 3 is 1.74 bits per heavy atom. The molecule has 3 fully saturated rings. The average Bonchev–Trinajstić information content (AvgIpc) is 3.51. The molecule has 11 nitrogen and oxygen atoms in total. The minimum absolute atomic E-state index is 0.130. The lowest BCUT2D eigenvalue weighted by molar-refractivity contribution is -0.143. The Morgan fingerprint density at radius 2 is 1.22 bits per heavy atom. The summed E-state index contributed by atoms with van der Waals surface area (Å²) >= 11 is 12.4. The number of amides is 4. The van der Waals surface area contributed by atoms with Gasteiger partial charge in [0.2, 0.25) is 0 Å². The lowest BCUT2D eigenvalue weighted by atomic mass is 9.57. The highest BCUT2D eigenvalue weighted by molar-refractivity contribution is 6.33. The fourth-order valence-electron chi connectivity index (χ4n) is 8.10. The number of hydrogen-bond donors (Lipinski definition) is 1. The number of hydrogen-bond acceptors (Lipinski definition) is 9. The second-order valence-electron chi connectivity index (χ2n) is 13.2. The summed E-state index contributed by atoms with van der Waals surface area (Å²) in [7, 11) is 2.22. The molecule has 4 amide bonds. The molecule has 7 rings (SSSR count). The lowest BCUT2D eigenvalue weighted by Crippen LogP contribution is -2.46. The number of rotatable bonds is 5. The van der Waals surface area contributed by atoms with Gasteiger partial charge in [0.25, 0.3) is 23.6 Å². The zero-order valence-corrected chi connectivity index (χ0v) is 29.2. The van der Waals surface area contributed by atoms with Crippen LogP contribution in [0.15, 0.2) is 54.1 Å². The van der Waals surface area contributed by atoms with Crippen molar-refractivity contribution < 1.29 is 55.0 Å². The van der Waals surface area contributed by atoms with Crippen LogP contribution in [0.4, 0.5) is 42.4 Å². The maximum absolute atomic E-state index is 14.9. The van der Waals surface area contributed by atoms with E-state index in [1.54, 1.807) is 6.08 Å². The summed E-state index contributed by atoms with van der Waals surface area (Å²) in [5.74, 6) is -14.0. The summed E-state index contributed by atoms with van der Waals surface area (Å²) in [5.41, 5.74) is -2.53. The summed E-state index contributed by atoms with van der Waals surface area (Å²) in [6.45, 7) is 0. The first kappa shape index (κ1) is 37.3. The number of fused-ring (bicyclic) bond motifs is 4. The summed E-state index contributed by atoms with van der Waals surface area (Å²) in [5, 5.41) is 13.0. The highest BCUT2D eigenvalue weighted by Gasteiger charge is 2.63. The van der Waals surface area contributed by atoms with E-state index >= 15 is 0 Å². The van der Waals surface area contributed by atoms with E-state index in [0.717, 1.165) is 42.3 Å². The second-order valence-corrected chi connectivity index (χ2v) is 14.0. The molecule has 1 N–H and O–H groups in total. The predicted molar refractivity (Wildman–Crippen MR) is 175 cm³/mol. The van der Waals surface area contributed by atoms with Crippen molar-refractivity contribution >= 4 is 58.5 Å². The smallest absolute Gasteiger partial charge is 0.433 e. The summed E-state index contributed by atoms with van der Waals surface area (Å²) in [6, 6.07) is 6.55. The van der Waals surface area contributed by atoms with Gasteiger partial charge >= 0.3 is 12.4 Å². The number of phenolic OH excluding ortho intramolecular Hbond substituents is 1. The van der Waals surface area contributed by atoms with Crippen molar-refractivity contribution in [2.75, 3.05) is 24.1 Å². The van der Waals surface area contributed by atoms with Crippen molar-refractivity contribution in [1.29, 1.82) is 0 Å². The lowest BCUT2D eigenvalue weighted by Gasteiger charge is -2.44. The topological polar surface area (TPSA) is 127 Å². The van der Waals surface area contributed by atoms with Crippen molar-refractivity contribution in [3.05, 3.63) is 86.9 Å². The summed E-state index contributed by atoms with van der Waals surface area (Å²) in [6.07, 6.45) is -8.65. The quantitative estimate of drug-likeness (QED) is 0.177. The third-order valence-corrected chi connectivity index (χ3v) is 11.0. The maximum Gasteiger partial charge on any atom is 0.433 e. The van der Waals surface area contributed by atoms with Gasteiger partial charge in [-0.05, 0) is 49.1 Å². The minimum Gasteiger partial charge on any atom is -0.505 e. The average molecular weight is 802 g/mol. The summed E-state index contributed by atoms with van der Waals surface area (Å²) in [4.78, 5) is 63.8. The van der Waals surface area contributed by atoms with E-state index in [-0.39, 0.29) is 28.5 Å². The molecule has 4 aliphatic rings. The molecule has 2 saturated heterocycles. The van der Waals surface area contributed by atoms with Crippen LogP contribution in [0, 0.1) is 35.4 Å². The zero-order valence-electron chi connectivity index (χ0n) is 27.7. The SMILES string of the molecule is CN(c1nc(C(F)(F)F)ccc1Cl)N1C(=O)C2CC=C3C(CC4C(=O)N(N(C)c5nc(C(F)(F)F)ccc5Cl)C(=O)C4C3c3cccc(F)c3O)C2C1=O. The first-order valence-electron chi connectivity index (χ1n) is 16.1. The summed E-state index contributed by atoms with van der Waals surface area (Å²) < 4.78 is 96.3. The largest absolute Gasteiger partial charge is 0.505 e. The van der Waals surface area contributed by atoms with Crippen molar-refractivity contribution in [1.82, 2.24) is 20.0 Å². The highest BCUT2D eigenvalue weighted by atomic mass is 35.5. The number of carbonyl (C=O) groups is 4. The zero-order chi connectivity index (χ0) is 39.3. The molecule has 284 valence electrons. The molecule has 54 heavy (non-hydrogen) atoms. The number of pyridine rings is 2. The van der Waals surface area contributed by atoms with E-state index < -0.39 is 106 Å². The number of para-hydroxylation sites is 1. The van der Waals surface area contributed by atoms with Gasteiger partial charge in [0.15, 0.2) is 23.2 Å². The van der Waals surface area contributed by atoms with Gasteiger partial charge in [-0.2, -0.15) is 36.4 Å². The third-order valence-electron chi connectivity index (χ3n) is 10.4. The number of hydrazine groups is 2. The molecule has 1 saturated carbocycles. The first-order valence-corrected chi connectivity index (χ1v) is 16.9.